The topological polar surface area (TPSA) is 0 Å². The second kappa shape index (κ2) is 15.3. The first-order valence-corrected chi connectivity index (χ1v) is 11.9. The van der Waals surface area contributed by atoms with E-state index in [0.717, 1.165) is 12.3 Å². The molecule has 2 unspecified atom stereocenters. The van der Waals surface area contributed by atoms with E-state index in [-0.39, 0.29) is 63.0 Å². The molecule has 0 bridgehead atoms. The smallest absolute Gasteiger partial charge is 1.00 e. The van der Waals surface area contributed by atoms with Gasteiger partial charge >= 0.3 is 16.5 Å². The third-order valence-electron chi connectivity index (χ3n) is 5.33. The number of hydrogen-bond donors (Lipinski definition) is 0. The van der Waals surface area contributed by atoms with E-state index in [1.807, 2.05) is 95.2 Å². The van der Waals surface area contributed by atoms with Crippen LogP contribution >= 0.6 is 18.5 Å². The van der Waals surface area contributed by atoms with Crippen LogP contribution < -0.4 is 24.8 Å². The number of alkyl halides is 2. The van der Waals surface area contributed by atoms with Crippen molar-refractivity contribution in [2.24, 2.45) is 21.7 Å². The maximum atomic E-state index is 14.9. The standard InChI is InChI=1S/2C12H24FP.2ClH.Ni/c2*1-10(2,3)12(13,8-7-9-14)11(4,5)6;;;/h2*7-8H,9,14H2,1-6H3;2*1H;/q;;;;+2/p-2. The van der Waals surface area contributed by atoms with Crippen LogP contribution in [-0.4, -0.2) is 23.7 Å². The van der Waals surface area contributed by atoms with Gasteiger partial charge in [0.2, 0.25) is 0 Å². The van der Waals surface area contributed by atoms with Gasteiger partial charge in [-0.05, 0) is 12.3 Å². The Morgan fingerprint density at radius 2 is 0.677 bits per heavy atom. The molecule has 0 aliphatic heterocycles. The molecule has 7 heteroatoms. The largest absolute Gasteiger partial charge is 2.00 e. The predicted octanol–water partition coefficient (Wildman–Crippen LogP) is 2.44. The molecule has 0 aromatic carbocycles. The predicted molar refractivity (Wildman–Crippen MR) is 133 cm³/mol. The van der Waals surface area contributed by atoms with Crippen molar-refractivity contribution in [3.63, 3.8) is 0 Å². The molecular formula is C24H48Cl2F2NiP2. The second-order valence-electron chi connectivity index (χ2n) is 11.7. The van der Waals surface area contributed by atoms with Gasteiger partial charge in [0.15, 0.2) is 0 Å². The summed E-state index contributed by atoms with van der Waals surface area (Å²) in [6.07, 6.45) is 8.83. The first-order chi connectivity index (χ1) is 12.1. The number of rotatable bonds is 4. The van der Waals surface area contributed by atoms with Crippen molar-refractivity contribution in [3.05, 3.63) is 24.3 Å². The molecule has 0 nitrogen and oxygen atoms in total. The Kier molecular flexibility index (Phi) is 21.0. The Morgan fingerprint density at radius 1 is 0.516 bits per heavy atom. The van der Waals surface area contributed by atoms with E-state index in [2.05, 4.69) is 18.5 Å². The molecule has 0 amide bonds. The molecule has 0 fully saturated rings. The molecule has 192 valence electrons. The van der Waals surface area contributed by atoms with E-state index >= 15 is 0 Å². The van der Waals surface area contributed by atoms with E-state index in [9.17, 15) is 8.78 Å². The molecule has 0 aliphatic rings. The van der Waals surface area contributed by atoms with Crippen LogP contribution in [0.25, 0.3) is 0 Å². The number of halogens is 4. The summed E-state index contributed by atoms with van der Waals surface area (Å²) in [5, 5.41) is 0. The summed E-state index contributed by atoms with van der Waals surface area (Å²) in [5.41, 5.74) is -4.03. The van der Waals surface area contributed by atoms with Crippen LogP contribution in [0.2, 0.25) is 0 Å². The van der Waals surface area contributed by atoms with Crippen LogP contribution in [0.3, 0.4) is 0 Å². The zero-order valence-corrected chi connectivity index (χ0v) is 26.5. The molecule has 0 N–H and O–H groups in total. The van der Waals surface area contributed by atoms with Crippen molar-refractivity contribution in [1.29, 1.82) is 0 Å². The van der Waals surface area contributed by atoms with E-state index in [0.29, 0.717) is 0 Å². The maximum Gasteiger partial charge on any atom is 2.00 e. The van der Waals surface area contributed by atoms with Gasteiger partial charge in [-0.25, -0.2) is 8.78 Å². The molecule has 0 aliphatic carbocycles. The Balaban J connectivity index is -0.000000133. The van der Waals surface area contributed by atoms with E-state index < -0.39 is 11.3 Å². The number of allylic oxidation sites excluding steroid dienone is 4. The molecule has 0 heterocycles. The van der Waals surface area contributed by atoms with Gasteiger partial charge in [-0.15, -0.1) is 18.5 Å². The zero-order valence-electron chi connectivity index (χ0n) is 21.7. The molecular weight excluding hydrogens is 518 g/mol. The average Bonchev–Trinajstić information content (AvgIpc) is 2.46. The third-order valence-corrected chi connectivity index (χ3v) is 5.88. The molecule has 0 radical (unpaired) electrons. The Hall–Kier alpha value is 1.27. The third kappa shape index (κ3) is 12.0. The summed E-state index contributed by atoms with van der Waals surface area (Å²) in [4.78, 5) is 0. The quantitative estimate of drug-likeness (QED) is 0.279. The molecule has 0 spiro atoms. The van der Waals surface area contributed by atoms with Crippen LogP contribution in [0, 0.1) is 21.7 Å². The summed E-state index contributed by atoms with van der Waals surface area (Å²) in [7, 11) is 5.17. The molecule has 0 aromatic rings. The van der Waals surface area contributed by atoms with Crippen molar-refractivity contribution < 1.29 is 50.1 Å². The van der Waals surface area contributed by atoms with Gasteiger partial charge in [0.1, 0.15) is 11.3 Å². The van der Waals surface area contributed by atoms with E-state index in [4.69, 9.17) is 0 Å². The van der Waals surface area contributed by atoms with Crippen LogP contribution in [0.4, 0.5) is 8.78 Å². The summed E-state index contributed by atoms with van der Waals surface area (Å²) in [6.45, 7) is 23.4. The van der Waals surface area contributed by atoms with Crippen LogP contribution in [-0.2, 0) is 16.5 Å². The van der Waals surface area contributed by atoms with Gasteiger partial charge in [0, 0.05) is 21.7 Å². The number of hydrogen-bond acceptors (Lipinski definition) is 0. The first-order valence-electron chi connectivity index (χ1n) is 10.3. The van der Waals surface area contributed by atoms with E-state index in [1.165, 1.54) is 0 Å². The van der Waals surface area contributed by atoms with Crippen molar-refractivity contribution >= 4 is 18.5 Å². The van der Waals surface area contributed by atoms with Crippen molar-refractivity contribution in [3.8, 4) is 0 Å². The second-order valence-corrected chi connectivity index (χ2v) is 12.6. The van der Waals surface area contributed by atoms with Crippen molar-refractivity contribution in [2.75, 3.05) is 12.3 Å². The van der Waals surface area contributed by atoms with E-state index in [1.54, 1.807) is 12.2 Å². The fraction of sp³-hybridized carbons (Fsp3) is 0.833. The minimum Gasteiger partial charge on any atom is -1.00 e. The van der Waals surface area contributed by atoms with Crippen LogP contribution in [0.5, 0.6) is 0 Å². The monoisotopic (exact) mass is 564 g/mol. The fourth-order valence-electron chi connectivity index (χ4n) is 3.71. The fourth-order valence-corrected chi connectivity index (χ4v) is 3.98. The molecule has 2 atom stereocenters. The zero-order chi connectivity index (χ0) is 23.2. The molecule has 0 saturated heterocycles. The summed E-state index contributed by atoms with van der Waals surface area (Å²) >= 11 is 0. The van der Waals surface area contributed by atoms with Gasteiger partial charge in [0.05, 0.1) is 0 Å². The summed E-state index contributed by atoms with van der Waals surface area (Å²) in [6, 6.07) is 0. The van der Waals surface area contributed by atoms with Gasteiger partial charge in [-0.2, -0.15) is 0 Å². The van der Waals surface area contributed by atoms with Gasteiger partial charge in [0.25, 0.3) is 0 Å². The van der Waals surface area contributed by atoms with Gasteiger partial charge < -0.3 is 24.8 Å². The summed E-state index contributed by atoms with van der Waals surface area (Å²) in [5.74, 6) is 0. The molecule has 0 saturated carbocycles. The Bertz CT molecular complexity index is 448. The Labute approximate surface area is 220 Å². The molecule has 31 heavy (non-hydrogen) atoms. The van der Waals surface area contributed by atoms with Crippen LogP contribution in [0.1, 0.15) is 83.1 Å². The van der Waals surface area contributed by atoms with Crippen molar-refractivity contribution in [2.45, 2.75) is 94.4 Å². The average molecular weight is 566 g/mol. The maximum absolute atomic E-state index is 14.9. The van der Waals surface area contributed by atoms with Gasteiger partial charge in [-0.3, -0.25) is 0 Å². The van der Waals surface area contributed by atoms with Crippen LogP contribution in [0.15, 0.2) is 24.3 Å². The summed E-state index contributed by atoms with van der Waals surface area (Å²) < 4.78 is 29.8. The molecule has 0 rings (SSSR count). The Morgan fingerprint density at radius 3 is 0.774 bits per heavy atom. The SMILES string of the molecule is CC(C)(C)C(F)(C=CCP)C(C)(C)C.CC(C)(C)C(F)(C=CCP)C(C)(C)C.[Cl-].[Cl-].[Ni+2]. The first kappa shape index (κ1) is 42.4. The normalized spacial score (nSPS) is 13.7. The minimum absolute atomic E-state index is 0. The van der Waals surface area contributed by atoms with Crippen molar-refractivity contribution in [1.82, 2.24) is 0 Å². The van der Waals surface area contributed by atoms with Gasteiger partial charge in [-0.1, -0.05) is 107 Å². The minimum atomic E-state index is -1.27. The molecule has 0 aromatic heterocycles.